The Bertz CT molecular complexity index is 1030. The quantitative estimate of drug-likeness (QED) is 0.532. The number of rotatable bonds is 3. The van der Waals surface area contributed by atoms with Gasteiger partial charge in [-0.1, -0.05) is 6.07 Å². The van der Waals surface area contributed by atoms with Crippen molar-refractivity contribution in [2.45, 2.75) is 38.2 Å². The summed E-state index contributed by atoms with van der Waals surface area (Å²) in [6.45, 7) is 4.95. The summed E-state index contributed by atoms with van der Waals surface area (Å²) in [5.74, 6) is -5.41. The van der Waals surface area contributed by atoms with E-state index in [0.29, 0.717) is 11.1 Å². The zero-order valence-corrected chi connectivity index (χ0v) is 20.5. The van der Waals surface area contributed by atoms with Gasteiger partial charge in [-0.3, -0.25) is 14.7 Å². The first kappa shape index (κ1) is 31.0. The Kier molecular flexibility index (Phi) is 10.6. The molecule has 0 aromatic carbocycles. The molecule has 0 atom stereocenters. The Labute approximate surface area is 216 Å². The summed E-state index contributed by atoms with van der Waals surface area (Å²) in [6, 6.07) is 4.14. The fraction of sp³-hybridized carbons (Fsp3) is 0.500. The van der Waals surface area contributed by atoms with E-state index in [1.54, 1.807) is 5.51 Å². The minimum Gasteiger partial charge on any atom is -0.475 e. The molecule has 2 aliphatic rings. The number of carboxylic acids is 2. The number of aliphatic carboxylic acids is 2. The maximum atomic E-state index is 12.5. The van der Waals surface area contributed by atoms with Crippen LogP contribution in [0.1, 0.15) is 35.3 Å². The van der Waals surface area contributed by atoms with Gasteiger partial charge in [0.25, 0.3) is 5.91 Å². The summed E-state index contributed by atoms with van der Waals surface area (Å²) < 4.78 is 63.5. The first-order valence-electron chi connectivity index (χ1n) is 11.0. The molecule has 4 rings (SSSR count). The lowest BCUT2D eigenvalue weighted by Gasteiger charge is -2.39. The van der Waals surface area contributed by atoms with Crippen molar-refractivity contribution in [1.82, 2.24) is 19.8 Å². The number of hydrogen-bond donors (Lipinski definition) is 2. The minimum absolute atomic E-state index is 0.103. The van der Waals surface area contributed by atoms with Crippen LogP contribution in [0.15, 0.2) is 35.4 Å². The van der Waals surface area contributed by atoms with Crippen molar-refractivity contribution in [3.63, 3.8) is 0 Å². The molecular weight excluding hydrogens is 546 g/mol. The number of carbonyl (C=O) groups is 3. The van der Waals surface area contributed by atoms with Gasteiger partial charge in [-0.25, -0.2) is 14.6 Å². The molecule has 2 fully saturated rings. The molecule has 0 bridgehead atoms. The molecular formula is C22H24F6N4O5S. The van der Waals surface area contributed by atoms with Gasteiger partial charge in [0.1, 0.15) is 5.69 Å². The van der Waals surface area contributed by atoms with Crippen LogP contribution in [0.3, 0.4) is 0 Å². The number of halogens is 6. The first-order chi connectivity index (χ1) is 17.6. The van der Waals surface area contributed by atoms with E-state index in [1.165, 1.54) is 29.7 Å². The molecule has 0 unspecified atom stereocenters. The van der Waals surface area contributed by atoms with Crippen LogP contribution in [0.2, 0.25) is 0 Å². The molecule has 210 valence electrons. The average molecular weight is 571 g/mol. The highest BCUT2D eigenvalue weighted by atomic mass is 32.1. The smallest absolute Gasteiger partial charge is 0.475 e. The number of hydrogen-bond acceptors (Lipinski definition) is 7. The lowest BCUT2D eigenvalue weighted by molar-refractivity contribution is -0.193. The number of alkyl halides is 6. The van der Waals surface area contributed by atoms with Gasteiger partial charge in [0, 0.05) is 37.4 Å². The molecule has 2 N–H and O–H groups in total. The third kappa shape index (κ3) is 9.55. The summed E-state index contributed by atoms with van der Waals surface area (Å²) in [5.41, 5.74) is 3.93. The standard InChI is InChI=1S/C18H22N4OS.2C2HF3O2/c23-17(16-12-24-14-20-16)22-9-5-18(13-22)3-7-21(8-4-18)11-15-2-1-6-19-10-15;2*3-2(4,5)1(6)7/h1-2,6,10,12,14H,3-5,7-9,11,13H2;2*(H,6,7). The Morgan fingerprint density at radius 3 is 1.97 bits per heavy atom. The van der Waals surface area contributed by atoms with Crippen molar-refractivity contribution in [3.8, 4) is 0 Å². The van der Waals surface area contributed by atoms with Crippen LogP contribution in [-0.2, 0) is 16.1 Å². The number of aromatic nitrogens is 2. The summed E-state index contributed by atoms with van der Waals surface area (Å²) >= 11 is 1.48. The summed E-state index contributed by atoms with van der Waals surface area (Å²) in [5, 5.41) is 16.1. The molecule has 2 saturated heterocycles. The number of carboxylic acid groups (broad SMARTS) is 2. The van der Waals surface area contributed by atoms with E-state index >= 15 is 0 Å². The van der Waals surface area contributed by atoms with Gasteiger partial charge in [0.05, 0.1) is 5.51 Å². The Morgan fingerprint density at radius 1 is 0.974 bits per heavy atom. The van der Waals surface area contributed by atoms with Crippen molar-refractivity contribution in [3.05, 3.63) is 46.7 Å². The molecule has 0 radical (unpaired) electrons. The van der Waals surface area contributed by atoms with E-state index in [0.717, 1.165) is 39.1 Å². The highest BCUT2D eigenvalue weighted by Gasteiger charge is 2.42. The summed E-state index contributed by atoms with van der Waals surface area (Å²) in [6.07, 6.45) is -2.92. The van der Waals surface area contributed by atoms with Crippen molar-refractivity contribution in [1.29, 1.82) is 0 Å². The third-order valence-corrected chi connectivity index (χ3v) is 6.49. The molecule has 2 aromatic heterocycles. The highest BCUT2D eigenvalue weighted by molar-refractivity contribution is 7.07. The van der Waals surface area contributed by atoms with E-state index in [2.05, 4.69) is 20.9 Å². The fourth-order valence-electron chi connectivity index (χ4n) is 3.93. The fourth-order valence-corrected chi connectivity index (χ4v) is 4.46. The van der Waals surface area contributed by atoms with Crippen LogP contribution in [0, 0.1) is 5.41 Å². The van der Waals surface area contributed by atoms with Crippen LogP contribution in [0.25, 0.3) is 0 Å². The molecule has 1 spiro atoms. The summed E-state index contributed by atoms with van der Waals surface area (Å²) in [7, 11) is 0. The maximum absolute atomic E-state index is 12.5. The van der Waals surface area contributed by atoms with Crippen LogP contribution in [-0.4, -0.2) is 86.4 Å². The number of piperidine rings is 1. The van der Waals surface area contributed by atoms with Gasteiger partial charge >= 0.3 is 24.3 Å². The van der Waals surface area contributed by atoms with E-state index in [4.69, 9.17) is 19.8 Å². The maximum Gasteiger partial charge on any atom is 0.490 e. The number of nitrogens with zero attached hydrogens (tertiary/aromatic N) is 4. The van der Waals surface area contributed by atoms with Gasteiger partial charge in [-0.2, -0.15) is 26.3 Å². The monoisotopic (exact) mass is 570 g/mol. The second kappa shape index (κ2) is 13.0. The number of pyridine rings is 1. The SMILES string of the molecule is O=C(O)C(F)(F)F.O=C(O)C(F)(F)F.O=C(c1cscn1)N1CCC2(CCN(Cc3cccnc3)CC2)C1. The van der Waals surface area contributed by atoms with Gasteiger partial charge in [-0.15, -0.1) is 11.3 Å². The lowest BCUT2D eigenvalue weighted by atomic mass is 9.77. The van der Waals surface area contributed by atoms with Crippen LogP contribution >= 0.6 is 11.3 Å². The number of likely N-dealkylation sites (tertiary alicyclic amines) is 2. The molecule has 38 heavy (non-hydrogen) atoms. The second-order valence-electron chi connectivity index (χ2n) is 8.59. The lowest BCUT2D eigenvalue weighted by Crippen LogP contribution is -2.42. The number of thiazole rings is 1. The molecule has 4 heterocycles. The molecule has 9 nitrogen and oxygen atoms in total. The van der Waals surface area contributed by atoms with E-state index < -0.39 is 24.3 Å². The largest absolute Gasteiger partial charge is 0.490 e. The van der Waals surface area contributed by atoms with Gasteiger partial charge in [-0.05, 0) is 49.4 Å². The zero-order valence-electron chi connectivity index (χ0n) is 19.7. The van der Waals surface area contributed by atoms with Crippen molar-refractivity contribution >= 4 is 29.2 Å². The molecule has 0 aliphatic carbocycles. The van der Waals surface area contributed by atoms with Gasteiger partial charge in [0.15, 0.2) is 0 Å². The zero-order chi connectivity index (χ0) is 28.6. The van der Waals surface area contributed by atoms with Crippen molar-refractivity contribution < 1.29 is 50.9 Å². The Balaban J connectivity index is 0.000000301. The van der Waals surface area contributed by atoms with Crippen LogP contribution < -0.4 is 0 Å². The van der Waals surface area contributed by atoms with E-state index in [-0.39, 0.29) is 5.91 Å². The normalized spacial score (nSPS) is 17.2. The van der Waals surface area contributed by atoms with Crippen LogP contribution in [0.4, 0.5) is 26.3 Å². The van der Waals surface area contributed by atoms with E-state index in [9.17, 15) is 31.1 Å². The molecule has 2 aromatic rings. The predicted octanol–water partition coefficient (Wildman–Crippen LogP) is 3.93. The van der Waals surface area contributed by atoms with Crippen LogP contribution in [0.5, 0.6) is 0 Å². The van der Waals surface area contributed by atoms with Crippen molar-refractivity contribution in [2.24, 2.45) is 5.41 Å². The first-order valence-corrected chi connectivity index (χ1v) is 12.0. The van der Waals surface area contributed by atoms with E-state index in [1.807, 2.05) is 28.7 Å². The molecule has 16 heteroatoms. The molecule has 0 saturated carbocycles. The third-order valence-electron chi connectivity index (χ3n) is 5.91. The number of amides is 1. The molecule has 2 aliphatic heterocycles. The highest BCUT2D eigenvalue weighted by Crippen LogP contribution is 2.41. The average Bonchev–Trinajstić information content (AvgIpc) is 3.52. The van der Waals surface area contributed by atoms with Gasteiger partial charge in [0.2, 0.25) is 0 Å². The topological polar surface area (TPSA) is 124 Å². The predicted molar refractivity (Wildman–Crippen MR) is 121 cm³/mol. The minimum atomic E-state index is -5.08. The second-order valence-corrected chi connectivity index (χ2v) is 9.31. The Hall–Kier alpha value is -3.27. The molecule has 1 amide bonds. The summed E-state index contributed by atoms with van der Waals surface area (Å²) in [4.78, 5) is 43.2. The number of carbonyl (C=O) groups excluding carboxylic acids is 1. The Morgan fingerprint density at radius 2 is 1.53 bits per heavy atom. The van der Waals surface area contributed by atoms with Gasteiger partial charge < -0.3 is 15.1 Å². The van der Waals surface area contributed by atoms with Crippen molar-refractivity contribution in [2.75, 3.05) is 26.2 Å².